The summed E-state index contributed by atoms with van der Waals surface area (Å²) in [6.07, 6.45) is 3.34. The van der Waals surface area contributed by atoms with Crippen LogP contribution in [0.25, 0.3) is 0 Å². The highest BCUT2D eigenvalue weighted by Gasteiger charge is 2.50. The van der Waals surface area contributed by atoms with Gasteiger partial charge in [0.1, 0.15) is 5.75 Å². The number of carbonyl (C=O) groups is 2. The molecular formula is C16H21NO4. The van der Waals surface area contributed by atoms with Gasteiger partial charge in [0.05, 0.1) is 12.0 Å². The van der Waals surface area contributed by atoms with Gasteiger partial charge in [-0.2, -0.15) is 0 Å². The number of carboxylic acids is 1. The van der Waals surface area contributed by atoms with Gasteiger partial charge < -0.3 is 15.2 Å². The Morgan fingerprint density at radius 2 is 1.95 bits per heavy atom. The maximum atomic E-state index is 12.0. The molecule has 1 fully saturated rings. The quantitative estimate of drug-likeness (QED) is 0.721. The predicted molar refractivity (Wildman–Crippen MR) is 78.5 cm³/mol. The van der Waals surface area contributed by atoms with Crippen molar-refractivity contribution in [1.29, 1.82) is 0 Å². The molecule has 1 aliphatic carbocycles. The summed E-state index contributed by atoms with van der Waals surface area (Å²) in [7, 11) is 0. The monoisotopic (exact) mass is 291 g/mol. The lowest BCUT2D eigenvalue weighted by Gasteiger charge is -2.11. The predicted octanol–water partition coefficient (Wildman–Crippen LogP) is 2.46. The van der Waals surface area contributed by atoms with Crippen LogP contribution in [0.2, 0.25) is 0 Å². The minimum atomic E-state index is -0.831. The fourth-order valence-electron chi connectivity index (χ4n) is 2.01. The second-order valence-electron chi connectivity index (χ2n) is 5.49. The smallest absolute Gasteiger partial charge is 0.311 e. The van der Waals surface area contributed by atoms with Crippen molar-refractivity contribution in [2.24, 2.45) is 5.41 Å². The summed E-state index contributed by atoms with van der Waals surface area (Å²) >= 11 is 0. The average Bonchev–Trinajstić information content (AvgIpc) is 3.27. The van der Waals surface area contributed by atoms with Crippen molar-refractivity contribution < 1.29 is 19.4 Å². The minimum Gasteiger partial charge on any atom is -0.494 e. The van der Waals surface area contributed by atoms with Gasteiger partial charge in [-0.3, -0.25) is 9.59 Å². The third-order valence-corrected chi connectivity index (χ3v) is 3.78. The molecule has 1 aromatic carbocycles. The molecule has 5 heteroatoms. The van der Waals surface area contributed by atoms with E-state index in [4.69, 9.17) is 9.84 Å². The Balaban J connectivity index is 1.84. The fourth-order valence-corrected chi connectivity index (χ4v) is 2.01. The van der Waals surface area contributed by atoms with Gasteiger partial charge in [0, 0.05) is 12.1 Å². The number of carboxylic acid groups (broad SMARTS) is 1. The van der Waals surface area contributed by atoms with E-state index in [1.165, 1.54) is 0 Å². The van der Waals surface area contributed by atoms with E-state index in [1.54, 1.807) is 24.3 Å². The molecule has 1 saturated carbocycles. The number of hydrogen-bond donors (Lipinski definition) is 2. The second kappa shape index (κ2) is 6.61. The van der Waals surface area contributed by atoms with E-state index in [-0.39, 0.29) is 12.5 Å². The molecule has 1 amide bonds. The lowest BCUT2D eigenvalue weighted by Crippen LogP contribution is -2.34. The molecule has 2 rings (SSSR count). The van der Waals surface area contributed by atoms with Crippen LogP contribution in [0.15, 0.2) is 24.3 Å². The van der Waals surface area contributed by atoms with Crippen LogP contribution in [0, 0.1) is 5.41 Å². The third-order valence-electron chi connectivity index (χ3n) is 3.78. The van der Waals surface area contributed by atoms with Gasteiger partial charge in [0.25, 0.3) is 5.91 Å². The Kier molecular flexibility index (Phi) is 4.83. The lowest BCUT2D eigenvalue weighted by atomic mass is 10.1. The summed E-state index contributed by atoms with van der Waals surface area (Å²) in [5.41, 5.74) is -0.224. The van der Waals surface area contributed by atoms with Crippen molar-refractivity contribution in [2.75, 3.05) is 13.2 Å². The SMILES string of the molecule is CCCCOc1ccc(C(=O)NCC2(C(=O)O)CC2)cc1. The van der Waals surface area contributed by atoms with E-state index in [9.17, 15) is 9.59 Å². The van der Waals surface area contributed by atoms with Gasteiger partial charge >= 0.3 is 5.97 Å². The van der Waals surface area contributed by atoms with Crippen molar-refractivity contribution in [3.05, 3.63) is 29.8 Å². The lowest BCUT2D eigenvalue weighted by molar-refractivity contribution is -0.143. The van der Waals surface area contributed by atoms with Crippen molar-refractivity contribution >= 4 is 11.9 Å². The number of amides is 1. The second-order valence-corrected chi connectivity index (χ2v) is 5.49. The van der Waals surface area contributed by atoms with Crippen LogP contribution in [0.4, 0.5) is 0 Å². The van der Waals surface area contributed by atoms with Crippen LogP contribution in [-0.2, 0) is 4.79 Å². The normalized spacial score (nSPS) is 15.3. The summed E-state index contributed by atoms with van der Waals surface area (Å²) in [5, 5.41) is 11.8. The highest BCUT2D eigenvalue weighted by molar-refractivity contribution is 5.94. The van der Waals surface area contributed by atoms with Gasteiger partial charge in [0.15, 0.2) is 0 Å². The molecule has 0 unspecified atom stereocenters. The largest absolute Gasteiger partial charge is 0.494 e. The highest BCUT2D eigenvalue weighted by Crippen LogP contribution is 2.45. The van der Waals surface area contributed by atoms with Gasteiger partial charge in [0.2, 0.25) is 0 Å². The maximum absolute atomic E-state index is 12.0. The first kappa shape index (κ1) is 15.4. The molecular weight excluding hydrogens is 270 g/mol. The Morgan fingerprint density at radius 3 is 2.48 bits per heavy atom. The first-order valence-electron chi connectivity index (χ1n) is 7.32. The number of carbonyl (C=O) groups excluding carboxylic acids is 1. The van der Waals surface area contributed by atoms with E-state index in [1.807, 2.05) is 0 Å². The first-order valence-corrected chi connectivity index (χ1v) is 7.32. The Hall–Kier alpha value is -2.04. The number of nitrogens with one attached hydrogen (secondary N) is 1. The molecule has 0 saturated heterocycles. The number of benzene rings is 1. The van der Waals surface area contributed by atoms with Crippen molar-refractivity contribution in [1.82, 2.24) is 5.32 Å². The molecule has 1 aliphatic rings. The number of ether oxygens (including phenoxy) is 1. The standard InChI is InChI=1S/C16H21NO4/c1-2-3-10-21-13-6-4-12(5-7-13)14(18)17-11-16(8-9-16)15(19)20/h4-7H,2-3,8-11H2,1H3,(H,17,18)(H,19,20). The Labute approximate surface area is 124 Å². The number of hydrogen-bond acceptors (Lipinski definition) is 3. The van der Waals surface area contributed by atoms with E-state index < -0.39 is 11.4 Å². The van der Waals surface area contributed by atoms with Gasteiger partial charge in [-0.05, 0) is 43.5 Å². The number of rotatable bonds is 8. The van der Waals surface area contributed by atoms with Crippen molar-refractivity contribution in [2.45, 2.75) is 32.6 Å². The van der Waals surface area contributed by atoms with Crippen LogP contribution in [-0.4, -0.2) is 30.1 Å². The van der Waals surface area contributed by atoms with Crippen molar-refractivity contribution in [3.63, 3.8) is 0 Å². The molecule has 2 N–H and O–H groups in total. The number of unbranched alkanes of at least 4 members (excludes halogenated alkanes) is 1. The third kappa shape index (κ3) is 3.97. The summed E-state index contributed by atoms with van der Waals surface area (Å²) < 4.78 is 5.53. The van der Waals surface area contributed by atoms with E-state index in [0.717, 1.165) is 18.6 Å². The molecule has 114 valence electrons. The van der Waals surface area contributed by atoms with Crippen LogP contribution in [0.5, 0.6) is 5.75 Å². The molecule has 0 heterocycles. The molecule has 0 radical (unpaired) electrons. The number of aliphatic carboxylic acids is 1. The highest BCUT2D eigenvalue weighted by atomic mass is 16.5. The molecule has 0 atom stereocenters. The molecule has 5 nitrogen and oxygen atoms in total. The summed E-state index contributed by atoms with van der Waals surface area (Å²) in [6, 6.07) is 6.90. The first-order chi connectivity index (χ1) is 10.1. The summed E-state index contributed by atoms with van der Waals surface area (Å²) in [4.78, 5) is 23.0. The van der Waals surface area contributed by atoms with Crippen molar-refractivity contribution in [3.8, 4) is 5.75 Å². The summed E-state index contributed by atoms with van der Waals surface area (Å²) in [6.45, 7) is 2.96. The van der Waals surface area contributed by atoms with Crippen LogP contribution in [0.1, 0.15) is 43.0 Å². The Morgan fingerprint density at radius 1 is 1.29 bits per heavy atom. The van der Waals surface area contributed by atoms with Gasteiger partial charge in [-0.25, -0.2) is 0 Å². The zero-order valence-electron chi connectivity index (χ0n) is 12.2. The van der Waals surface area contributed by atoms with Gasteiger partial charge in [-0.15, -0.1) is 0 Å². The zero-order valence-corrected chi connectivity index (χ0v) is 12.2. The molecule has 21 heavy (non-hydrogen) atoms. The summed E-state index contributed by atoms with van der Waals surface area (Å²) in [5.74, 6) is -0.339. The molecule has 0 bridgehead atoms. The van der Waals surface area contributed by atoms with Crippen LogP contribution >= 0.6 is 0 Å². The van der Waals surface area contributed by atoms with E-state index in [2.05, 4.69) is 12.2 Å². The van der Waals surface area contributed by atoms with Crippen LogP contribution in [0.3, 0.4) is 0 Å². The van der Waals surface area contributed by atoms with Gasteiger partial charge in [-0.1, -0.05) is 13.3 Å². The fraction of sp³-hybridized carbons (Fsp3) is 0.500. The molecule has 0 aliphatic heterocycles. The Bertz CT molecular complexity index is 506. The molecule has 0 aromatic heterocycles. The maximum Gasteiger partial charge on any atom is 0.311 e. The molecule has 1 aromatic rings. The molecule has 0 spiro atoms. The van der Waals surface area contributed by atoms with E-state index >= 15 is 0 Å². The minimum absolute atomic E-state index is 0.190. The average molecular weight is 291 g/mol. The van der Waals surface area contributed by atoms with E-state index in [0.29, 0.717) is 25.0 Å². The van der Waals surface area contributed by atoms with Crippen LogP contribution < -0.4 is 10.1 Å². The topological polar surface area (TPSA) is 75.6 Å². The zero-order chi connectivity index (χ0) is 15.3.